The van der Waals surface area contributed by atoms with Crippen LogP contribution in [0.25, 0.3) is 0 Å². The Labute approximate surface area is 150 Å². The Balaban J connectivity index is 1.44. The lowest BCUT2D eigenvalue weighted by molar-refractivity contribution is 0.0935. The van der Waals surface area contributed by atoms with Crippen molar-refractivity contribution in [2.24, 2.45) is 5.92 Å². The SMILES string of the molecule is Cc1cc(C)cc(C(=O)NCC2CCN(Cc3ccccn3)CC2)c1. The highest BCUT2D eigenvalue weighted by Crippen LogP contribution is 2.18. The summed E-state index contributed by atoms with van der Waals surface area (Å²) in [6, 6.07) is 12.1. The third-order valence-electron chi connectivity index (χ3n) is 4.85. The van der Waals surface area contributed by atoms with E-state index in [2.05, 4.69) is 27.3 Å². The largest absolute Gasteiger partial charge is 0.352 e. The molecule has 132 valence electrons. The third kappa shape index (κ3) is 5.13. The molecule has 1 fully saturated rings. The minimum atomic E-state index is 0.0442. The van der Waals surface area contributed by atoms with Gasteiger partial charge in [0, 0.05) is 24.8 Å². The number of benzene rings is 1. The van der Waals surface area contributed by atoms with E-state index in [0.29, 0.717) is 5.92 Å². The number of hydrogen-bond acceptors (Lipinski definition) is 3. The van der Waals surface area contributed by atoms with Crippen LogP contribution in [0.2, 0.25) is 0 Å². The number of hydrogen-bond donors (Lipinski definition) is 1. The lowest BCUT2D eigenvalue weighted by Gasteiger charge is -2.31. The van der Waals surface area contributed by atoms with Crippen molar-refractivity contribution in [1.29, 1.82) is 0 Å². The molecule has 0 unspecified atom stereocenters. The van der Waals surface area contributed by atoms with Crippen molar-refractivity contribution in [2.75, 3.05) is 19.6 Å². The lowest BCUT2D eigenvalue weighted by Crippen LogP contribution is -2.38. The van der Waals surface area contributed by atoms with E-state index in [1.807, 2.05) is 44.3 Å². The molecule has 0 spiro atoms. The molecule has 1 amide bonds. The fraction of sp³-hybridized carbons (Fsp3) is 0.429. The van der Waals surface area contributed by atoms with E-state index < -0.39 is 0 Å². The van der Waals surface area contributed by atoms with Gasteiger partial charge in [-0.25, -0.2) is 0 Å². The van der Waals surface area contributed by atoms with Gasteiger partial charge in [0.15, 0.2) is 0 Å². The number of rotatable bonds is 5. The number of likely N-dealkylation sites (tertiary alicyclic amines) is 1. The average Bonchev–Trinajstić information content (AvgIpc) is 2.61. The van der Waals surface area contributed by atoms with Crippen LogP contribution in [0.15, 0.2) is 42.6 Å². The second kappa shape index (κ2) is 8.26. The summed E-state index contributed by atoms with van der Waals surface area (Å²) in [5.41, 5.74) is 4.16. The van der Waals surface area contributed by atoms with Gasteiger partial charge in [0.05, 0.1) is 5.69 Å². The van der Waals surface area contributed by atoms with Crippen LogP contribution >= 0.6 is 0 Å². The van der Waals surface area contributed by atoms with Gasteiger partial charge in [-0.1, -0.05) is 23.3 Å². The van der Waals surface area contributed by atoms with Gasteiger partial charge in [-0.2, -0.15) is 0 Å². The first kappa shape index (κ1) is 17.6. The van der Waals surface area contributed by atoms with Gasteiger partial charge in [0.2, 0.25) is 0 Å². The number of amides is 1. The first-order valence-electron chi connectivity index (χ1n) is 9.09. The number of piperidine rings is 1. The molecular weight excluding hydrogens is 310 g/mol. The number of pyridine rings is 1. The number of carbonyl (C=O) groups is 1. The third-order valence-corrected chi connectivity index (χ3v) is 4.85. The van der Waals surface area contributed by atoms with Gasteiger partial charge in [0.25, 0.3) is 5.91 Å². The molecule has 1 aromatic heterocycles. The topological polar surface area (TPSA) is 45.2 Å². The summed E-state index contributed by atoms with van der Waals surface area (Å²) in [7, 11) is 0. The maximum atomic E-state index is 12.4. The fourth-order valence-electron chi connectivity index (χ4n) is 3.51. The predicted octanol–water partition coefficient (Wildman–Crippen LogP) is 3.34. The van der Waals surface area contributed by atoms with E-state index in [-0.39, 0.29) is 5.91 Å². The quantitative estimate of drug-likeness (QED) is 0.910. The van der Waals surface area contributed by atoms with Gasteiger partial charge in [-0.05, 0) is 70.0 Å². The van der Waals surface area contributed by atoms with Gasteiger partial charge >= 0.3 is 0 Å². The van der Waals surface area contributed by atoms with Crippen molar-refractivity contribution in [2.45, 2.75) is 33.2 Å². The molecule has 1 N–H and O–H groups in total. The Morgan fingerprint density at radius 1 is 1.16 bits per heavy atom. The van der Waals surface area contributed by atoms with Crippen molar-refractivity contribution < 1.29 is 4.79 Å². The van der Waals surface area contributed by atoms with Crippen LogP contribution in [0.3, 0.4) is 0 Å². The second-order valence-corrected chi connectivity index (χ2v) is 7.13. The summed E-state index contributed by atoms with van der Waals surface area (Å²) >= 11 is 0. The summed E-state index contributed by atoms with van der Waals surface area (Å²) in [5, 5.41) is 3.12. The van der Waals surface area contributed by atoms with Crippen molar-refractivity contribution in [1.82, 2.24) is 15.2 Å². The van der Waals surface area contributed by atoms with E-state index in [1.54, 1.807) is 0 Å². The Morgan fingerprint density at radius 2 is 1.88 bits per heavy atom. The maximum absolute atomic E-state index is 12.4. The zero-order valence-corrected chi connectivity index (χ0v) is 15.2. The minimum absolute atomic E-state index is 0.0442. The van der Waals surface area contributed by atoms with E-state index in [0.717, 1.165) is 61.4 Å². The first-order chi connectivity index (χ1) is 12.1. The smallest absolute Gasteiger partial charge is 0.251 e. The van der Waals surface area contributed by atoms with E-state index >= 15 is 0 Å². The number of nitrogens with one attached hydrogen (secondary N) is 1. The first-order valence-corrected chi connectivity index (χ1v) is 9.09. The van der Waals surface area contributed by atoms with Crippen molar-refractivity contribution in [3.63, 3.8) is 0 Å². The molecule has 1 aliphatic rings. The highest BCUT2D eigenvalue weighted by molar-refractivity contribution is 5.94. The number of aromatic nitrogens is 1. The molecule has 1 saturated heterocycles. The summed E-state index contributed by atoms with van der Waals surface area (Å²) in [5.74, 6) is 0.609. The van der Waals surface area contributed by atoms with Crippen molar-refractivity contribution in [3.8, 4) is 0 Å². The number of carbonyl (C=O) groups excluding carboxylic acids is 1. The average molecular weight is 337 g/mol. The Hall–Kier alpha value is -2.20. The molecule has 0 aliphatic carbocycles. The number of aryl methyl sites for hydroxylation is 2. The van der Waals surface area contributed by atoms with Crippen molar-refractivity contribution in [3.05, 3.63) is 65.0 Å². The van der Waals surface area contributed by atoms with E-state index in [9.17, 15) is 4.79 Å². The molecule has 2 aromatic rings. The Morgan fingerprint density at radius 3 is 2.52 bits per heavy atom. The molecule has 2 heterocycles. The molecular formula is C21H27N3O. The molecule has 4 heteroatoms. The second-order valence-electron chi connectivity index (χ2n) is 7.13. The van der Waals surface area contributed by atoms with Gasteiger partial charge < -0.3 is 5.32 Å². The highest BCUT2D eigenvalue weighted by Gasteiger charge is 2.20. The van der Waals surface area contributed by atoms with Crippen LogP contribution in [-0.4, -0.2) is 35.4 Å². The molecule has 0 bridgehead atoms. The maximum Gasteiger partial charge on any atom is 0.251 e. The minimum Gasteiger partial charge on any atom is -0.352 e. The van der Waals surface area contributed by atoms with Gasteiger partial charge in [-0.3, -0.25) is 14.7 Å². The molecule has 1 aromatic carbocycles. The molecule has 25 heavy (non-hydrogen) atoms. The number of nitrogens with zero attached hydrogens (tertiary/aromatic N) is 2. The van der Waals surface area contributed by atoms with Crippen LogP contribution in [0.1, 0.15) is 40.0 Å². The van der Waals surface area contributed by atoms with Gasteiger partial charge in [0.1, 0.15) is 0 Å². The standard InChI is InChI=1S/C21H27N3O/c1-16-11-17(2)13-19(12-16)21(25)23-14-18-6-9-24(10-7-18)15-20-5-3-4-8-22-20/h3-5,8,11-13,18H,6-7,9-10,14-15H2,1-2H3,(H,23,25). The van der Waals surface area contributed by atoms with Crippen LogP contribution < -0.4 is 5.32 Å². The normalized spacial score (nSPS) is 15.9. The van der Waals surface area contributed by atoms with Gasteiger partial charge in [-0.15, -0.1) is 0 Å². The highest BCUT2D eigenvalue weighted by atomic mass is 16.1. The molecule has 0 atom stereocenters. The molecule has 0 radical (unpaired) electrons. The molecule has 3 rings (SSSR count). The molecule has 0 saturated carbocycles. The van der Waals surface area contributed by atoms with Crippen LogP contribution in [0.4, 0.5) is 0 Å². The van der Waals surface area contributed by atoms with E-state index in [1.165, 1.54) is 0 Å². The predicted molar refractivity (Wildman–Crippen MR) is 100 cm³/mol. The zero-order valence-electron chi connectivity index (χ0n) is 15.2. The van der Waals surface area contributed by atoms with Crippen molar-refractivity contribution >= 4 is 5.91 Å². The van der Waals surface area contributed by atoms with E-state index in [4.69, 9.17) is 0 Å². The van der Waals surface area contributed by atoms with Crippen LogP contribution in [0.5, 0.6) is 0 Å². The summed E-state index contributed by atoms with van der Waals surface area (Å²) < 4.78 is 0. The monoisotopic (exact) mass is 337 g/mol. The van der Waals surface area contributed by atoms with Crippen LogP contribution in [-0.2, 0) is 6.54 Å². The summed E-state index contributed by atoms with van der Waals surface area (Å²) in [6.45, 7) is 7.88. The lowest BCUT2D eigenvalue weighted by atomic mass is 9.96. The zero-order chi connectivity index (χ0) is 17.6. The molecule has 4 nitrogen and oxygen atoms in total. The summed E-state index contributed by atoms with van der Waals surface area (Å²) in [6.07, 6.45) is 4.10. The Kier molecular flexibility index (Phi) is 5.82. The van der Waals surface area contributed by atoms with Crippen LogP contribution in [0, 0.1) is 19.8 Å². The Bertz CT molecular complexity index is 686. The molecule has 1 aliphatic heterocycles. The summed E-state index contributed by atoms with van der Waals surface area (Å²) in [4.78, 5) is 19.2. The fourth-order valence-corrected chi connectivity index (χ4v) is 3.51.